The van der Waals surface area contributed by atoms with Crippen LogP contribution in [0.25, 0.3) is 0 Å². The predicted octanol–water partition coefficient (Wildman–Crippen LogP) is 9.08. The molecule has 0 radical (unpaired) electrons. The molecule has 8 aromatic carbocycles. The van der Waals surface area contributed by atoms with Crippen molar-refractivity contribution in [3.8, 4) is 18.2 Å². The van der Waals surface area contributed by atoms with Crippen molar-refractivity contribution in [3.05, 3.63) is 302 Å². The molecule has 0 saturated heterocycles. The zero-order valence-corrected chi connectivity index (χ0v) is 45.6. The predicted molar refractivity (Wildman–Crippen MR) is 324 cm³/mol. The van der Waals surface area contributed by atoms with Gasteiger partial charge in [-0.25, -0.2) is 0 Å². The summed E-state index contributed by atoms with van der Waals surface area (Å²) in [6.07, 6.45) is -2.43. The maximum Gasteiger partial charge on any atom is 2.00 e. The molecule has 2 N–H and O–H groups in total. The smallest absolute Gasteiger partial charge is 0.306 e. The average molecular weight is 1060 g/mol. The second-order valence-electron chi connectivity index (χ2n) is 18.1. The largest absolute Gasteiger partial charge is 2.00 e. The molecule has 78 heavy (non-hydrogen) atoms. The van der Waals surface area contributed by atoms with E-state index in [2.05, 4.69) is 275 Å². The molecule has 10 heteroatoms. The molecule has 11 rings (SSSR count). The van der Waals surface area contributed by atoms with Gasteiger partial charge in [0.1, 0.15) is 12.3 Å². The number of nitrogens with zero attached hydrogens (tertiary/aromatic N) is 5. The Kier molecular flexibility index (Phi) is 25.5. The Bertz CT molecular complexity index is 2760. The first-order chi connectivity index (χ1) is 38.0. The zero-order valence-electron chi connectivity index (χ0n) is 44.6. The molecule has 0 saturated carbocycles. The second kappa shape index (κ2) is 33.2. The van der Waals surface area contributed by atoms with E-state index in [1.54, 1.807) is 18.2 Å². The number of aromatic nitrogens is 2. The van der Waals surface area contributed by atoms with Crippen molar-refractivity contribution in [2.45, 2.75) is 47.0 Å². The number of nitriles is 3. The van der Waals surface area contributed by atoms with E-state index in [9.17, 15) is 0 Å². The Labute approximate surface area is 473 Å². The molecule has 3 heterocycles. The fourth-order valence-corrected chi connectivity index (χ4v) is 10.3. The number of fused-ring (bicyclic) bond motifs is 4. The Morgan fingerprint density at radius 2 is 0.410 bits per heavy atom. The maximum absolute atomic E-state index is 7.32. The standard InChI is InChI=1S/2C24H20B.C14H16N4.3C2H3N.Ni/c2*1-5-13-21(14-6-1)25(22-15-7-2-8-16-22,23-17-9-3-10-18-23)24-19-11-4-12-20-24;1-3-11-7-15-9-13-5-2-6-14(18-13)10-16-8-12(4-1)17-11;3*1-2-3;/h2*1-20H;1-6,15-16H,7-10H2;3*1H3;/q2*-1;;;;;+2. The van der Waals surface area contributed by atoms with Gasteiger partial charge in [0.25, 0.3) is 0 Å². The molecule has 2 aromatic heterocycles. The first kappa shape index (κ1) is 59.9. The quantitative estimate of drug-likeness (QED) is 0.146. The molecule has 0 amide bonds. The summed E-state index contributed by atoms with van der Waals surface area (Å²) in [6, 6.07) is 105. The fourth-order valence-electron chi connectivity index (χ4n) is 10.3. The monoisotopic (exact) mass is 1060 g/mol. The summed E-state index contributed by atoms with van der Waals surface area (Å²) in [5.41, 5.74) is 15.0. The van der Waals surface area contributed by atoms with Crippen LogP contribution in [0.1, 0.15) is 43.5 Å². The number of nitrogens with one attached hydrogen (secondary N) is 2. The van der Waals surface area contributed by atoms with Gasteiger partial charge in [-0.2, -0.15) is 59.5 Å². The maximum atomic E-state index is 7.32. The minimum Gasteiger partial charge on any atom is -0.306 e. The number of hydrogen-bond acceptors (Lipinski definition) is 7. The van der Waals surface area contributed by atoms with E-state index < -0.39 is 12.3 Å². The van der Waals surface area contributed by atoms with Crippen molar-refractivity contribution in [1.29, 1.82) is 15.8 Å². The Morgan fingerprint density at radius 1 is 0.269 bits per heavy atom. The molecule has 0 spiro atoms. The van der Waals surface area contributed by atoms with Crippen molar-refractivity contribution < 1.29 is 16.5 Å². The molecule has 388 valence electrons. The molecule has 10 aromatic rings. The summed E-state index contributed by atoms with van der Waals surface area (Å²) in [4.78, 5) is 9.20. The van der Waals surface area contributed by atoms with Crippen molar-refractivity contribution in [1.82, 2.24) is 20.6 Å². The van der Waals surface area contributed by atoms with Crippen molar-refractivity contribution in [2.24, 2.45) is 0 Å². The summed E-state index contributed by atoms with van der Waals surface area (Å²) >= 11 is 0. The van der Waals surface area contributed by atoms with Gasteiger partial charge in [-0.3, -0.25) is 9.97 Å². The van der Waals surface area contributed by atoms with Gasteiger partial charge >= 0.3 is 16.5 Å². The molecular weight excluding hydrogens is 995 g/mol. The van der Waals surface area contributed by atoms with Crippen LogP contribution >= 0.6 is 0 Å². The molecule has 0 atom stereocenters. The van der Waals surface area contributed by atoms with Crippen LogP contribution < -0.4 is 54.3 Å². The Balaban J connectivity index is 0.000000201. The van der Waals surface area contributed by atoms with Crippen molar-refractivity contribution in [3.63, 3.8) is 0 Å². The third-order valence-electron chi connectivity index (χ3n) is 13.3. The topological polar surface area (TPSA) is 121 Å². The van der Waals surface area contributed by atoms with E-state index in [0.717, 1.165) is 49.0 Å². The summed E-state index contributed by atoms with van der Waals surface area (Å²) < 4.78 is 0. The normalized spacial score (nSPS) is 11.1. The van der Waals surface area contributed by atoms with E-state index in [0.29, 0.717) is 0 Å². The molecule has 0 aliphatic carbocycles. The first-order valence-corrected chi connectivity index (χ1v) is 26.0. The molecular formula is C68H65B2N7Ni. The van der Waals surface area contributed by atoms with Gasteiger partial charge < -0.3 is 10.6 Å². The fraction of sp³-hybridized carbons (Fsp3) is 0.103. The van der Waals surface area contributed by atoms with Crippen LogP contribution in [0.2, 0.25) is 0 Å². The minimum atomic E-state index is -1.22. The van der Waals surface area contributed by atoms with E-state index in [-0.39, 0.29) is 16.5 Å². The molecule has 4 bridgehead atoms. The van der Waals surface area contributed by atoms with Gasteiger partial charge in [0.05, 0.1) is 41.0 Å². The van der Waals surface area contributed by atoms with Gasteiger partial charge in [-0.1, -0.05) is 255 Å². The van der Waals surface area contributed by atoms with Crippen LogP contribution in [0, 0.1) is 34.0 Å². The van der Waals surface area contributed by atoms with Crippen LogP contribution in [0.4, 0.5) is 0 Å². The summed E-state index contributed by atoms with van der Waals surface area (Å²) in [5, 5.41) is 28.7. The number of rotatable bonds is 8. The van der Waals surface area contributed by atoms with Gasteiger partial charge in [-0.15, -0.1) is 0 Å². The Hall–Kier alpha value is -8.93. The third-order valence-corrected chi connectivity index (χ3v) is 13.3. The second-order valence-corrected chi connectivity index (χ2v) is 18.1. The van der Waals surface area contributed by atoms with E-state index >= 15 is 0 Å². The molecule has 0 fully saturated rings. The van der Waals surface area contributed by atoms with E-state index in [1.165, 1.54) is 64.5 Å². The SMILES string of the molecule is CC#N.CC#N.CC#N.[Ni+2].c1cc2nc(c1)CNCc1cccc(n1)CNC2.c1ccc([B-](c2ccccc2)(c2ccccc2)c2ccccc2)cc1.c1ccc([B-](c2ccccc2)(c2ccccc2)c2ccccc2)cc1. The first-order valence-electron chi connectivity index (χ1n) is 26.0. The molecule has 0 unspecified atom stereocenters. The van der Waals surface area contributed by atoms with Gasteiger partial charge in [0.15, 0.2) is 0 Å². The summed E-state index contributed by atoms with van der Waals surface area (Å²) in [7, 11) is 0. The minimum absolute atomic E-state index is 0. The molecule has 1 aliphatic heterocycles. The number of hydrogen-bond donors (Lipinski definition) is 2. The molecule has 7 nitrogen and oxygen atoms in total. The zero-order chi connectivity index (χ0) is 54.2. The Morgan fingerprint density at radius 3 is 0.551 bits per heavy atom. The van der Waals surface area contributed by atoms with E-state index in [4.69, 9.17) is 15.8 Å². The van der Waals surface area contributed by atoms with Crippen LogP contribution in [0.15, 0.2) is 279 Å². The number of benzene rings is 8. The van der Waals surface area contributed by atoms with Crippen LogP contribution in [-0.4, -0.2) is 22.3 Å². The summed E-state index contributed by atoms with van der Waals surface area (Å²) in [5.74, 6) is 0. The van der Waals surface area contributed by atoms with Gasteiger partial charge in [0, 0.05) is 47.0 Å². The third kappa shape index (κ3) is 16.0. The van der Waals surface area contributed by atoms with Crippen LogP contribution in [0.5, 0.6) is 0 Å². The van der Waals surface area contributed by atoms with Crippen molar-refractivity contribution in [2.75, 3.05) is 0 Å². The number of pyridine rings is 2. The van der Waals surface area contributed by atoms with Gasteiger partial charge in [0.2, 0.25) is 0 Å². The van der Waals surface area contributed by atoms with Crippen molar-refractivity contribution >= 4 is 56.0 Å². The molecule has 1 aliphatic rings. The van der Waals surface area contributed by atoms with Crippen LogP contribution in [0.3, 0.4) is 0 Å². The average Bonchev–Trinajstić information content (AvgIpc) is 3.64. The van der Waals surface area contributed by atoms with Crippen LogP contribution in [-0.2, 0) is 42.7 Å². The summed E-state index contributed by atoms with van der Waals surface area (Å²) in [6.45, 7) is 7.40. The van der Waals surface area contributed by atoms with Gasteiger partial charge in [-0.05, 0) is 24.3 Å². The van der Waals surface area contributed by atoms with E-state index in [1.807, 2.05) is 24.3 Å².